The van der Waals surface area contributed by atoms with Crippen molar-refractivity contribution in [2.24, 2.45) is 0 Å². The summed E-state index contributed by atoms with van der Waals surface area (Å²) in [5.41, 5.74) is 6.89. The number of nitrogens with zero attached hydrogens (tertiary/aromatic N) is 3. The van der Waals surface area contributed by atoms with E-state index in [1.165, 1.54) is 0 Å². The second-order valence-corrected chi connectivity index (χ2v) is 4.42. The molecule has 2 heterocycles. The van der Waals surface area contributed by atoms with Crippen LogP contribution in [-0.2, 0) is 11.2 Å². The number of rotatable bonds is 3. The van der Waals surface area contributed by atoms with Crippen molar-refractivity contribution in [3.63, 3.8) is 0 Å². The van der Waals surface area contributed by atoms with Crippen LogP contribution in [0.1, 0.15) is 24.7 Å². The van der Waals surface area contributed by atoms with E-state index in [-0.39, 0.29) is 0 Å². The highest BCUT2D eigenvalue weighted by atomic mass is 16.5. The number of hydrogen-bond acceptors (Lipinski definition) is 5. The fourth-order valence-corrected chi connectivity index (χ4v) is 2.15. The van der Waals surface area contributed by atoms with Crippen LogP contribution in [0.5, 0.6) is 0 Å². The van der Waals surface area contributed by atoms with E-state index in [0.717, 1.165) is 43.1 Å². The number of aromatic nitrogens is 2. The summed E-state index contributed by atoms with van der Waals surface area (Å²) in [6.07, 6.45) is 2.15. The minimum Gasteiger partial charge on any atom is -0.383 e. The number of ether oxygens (including phenoxy) is 1. The molecule has 1 saturated heterocycles. The third-order valence-corrected chi connectivity index (χ3v) is 3.30. The first-order chi connectivity index (χ1) is 8.15. The molecule has 0 saturated carbocycles. The molecule has 17 heavy (non-hydrogen) atoms. The maximum atomic E-state index is 5.92. The zero-order chi connectivity index (χ0) is 12.4. The Hall–Kier alpha value is -1.36. The molecule has 1 aliphatic heterocycles. The maximum Gasteiger partial charge on any atom is 0.137 e. The molecular formula is C12H20N4O. The van der Waals surface area contributed by atoms with Gasteiger partial charge in [-0.25, -0.2) is 9.97 Å². The van der Waals surface area contributed by atoms with E-state index < -0.39 is 0 Å². The van der Waals surface area contributed by atoms with Gasteiger partial charge in [-0.2, -0.15) is 0 Å². The molecule has 0 spiro atoms. The predicted octanol–water partition coefficient (Wildman–Crippen LogP) is 1.15. The highest BCUT2D eigenvalue weighted by molar-refractivity contribution is 5.57. The molecule has 1 aromatic heterocycles. The average Bonchev–Trinajstić information content (AvgIpc) is 2.81. The van der Waals surface area contributed by atoms with Gasteiger partial charge in [-0.1, -0.05) is 6.92 Å². The summed E-state index contributed by atoms with van der Waals surface area (Å²) in [6, 6.07) is 0. The Morgan fingerprint density at radius 3 is 2.82 bits per heavy atom. The Morgan fingerprint density at radius 2 is 2.24 bits per heavy atom. The summed E-state index contributed by atoms with van der Waals surface area (Å²) in [5.74, 6) is 2.37. The number of methoxy groups -OCH3 is 1. The van der Waals surface area contributed by atoms with Crippen LogP contribution in [0.15, 0.2) is 0 Å². The summed E-state index contributed by atoms with van der Waals surface area (Å²) >= 11 is 0. The van der Waals surface area contributed by atoms with Crippen LogP contribution in [0.4, 0.5) is 11.6 Å². The lowest BCUT2D eigenvalue weighted by Crippen LogP contribution is -2.25. The van der Waals surface area contributed by atoms with Gasteiger partial charge in [-0.3, -0.25) is 0 Å². The number of nitrogen functional groups attached to an aromatic ring is 1. The van der Waals surface area contributed by atoms with E-state index in [4.69, 9.17) is 10.5 Å². The van der Waals surface area contributed by atoms with Crippen LogP contribution in [0, 0.1) is 6.92 Å². The Labute approximate surface area is 102 Å². The van der Waals surface area contributed by atoms with Gasteiger partial charge in [0, 0.05) is 32.2 Å². The molecule has 0 radical (unpaired) electrons. The predicted molar refractivity (Wildman–Crippen MR) is 68.2 cm³/mol. The van der Waals surface area contributed by atoms with Crippen molar-refractivity contribution in [1.82, 2.24) is 9.97 Å². The molecular weight excluding hydrogens is 216 g/mol. The Kier molecular flexibility index (Phi) is 3.47. The van der Waals surface area contributed by atoms with Gasteiger partial charge in [-0.05, 0) is 13.3 Å². The minimum absolute atomic E-state index is 0.302. The van der Waals surface area contributed by atoms with Crippen molar-refractivity contribution in [2.45, 2.75) is 32.8 Å². The van der Waals surface area contributed by atoms with Gasteiger partial charge in [0.2, 0.25) is 0 Å². The quantitative estimate of drug-likeness (QED) is 0.853. The molecule has 5 heteroatoms. The molecule has 2 rings (SSSR count). The van der Waals surface area contributed by atoms with Crippen molar-refractivity contribution in [3.05, 3.63) is 11.4 Å². The van der Waals surface area contributed by atoms with Gasteiger partial charge in [0.05, 0.1) is 6.10 Å². The van der Waals surface area contributed by atoms with Gasteiger partial charge >= 0.3 is 0 Å². The maximum absolute atomic E-state index is 5.92. The van der Waals surface area contributed by atoms with Crippen molar-refractivity contribution >= 4 is 11.6 Å². The second kappa shape index (κ2) is 4.87. The lowest BCUT2D eigenvalue weighted by Gasteiger charge is -2.20. The SMILES string of the molecule is CCc1nc(N)c(C)c(N2CCC(OC)C2)n1. The summed E-state index contributed by atoms with van der Waals surface area (Å²) in [5, 5.41) is 0. The van der Waals surface area contributed by atoms with Crippen LogP contribution in [-0.4, -0.2) is 36.3 Å². The number of anilines is 2. The molecule has 94 valence electrons. The van der Waals surface area contributed by atoms with Gasteiger partial charge in [0.15, 0.2) is 0 Å². The molecule has 0 bridgehead atoms. The lowest BCUT2D eigenvalue weighted by atomic mass is 10.3. The molecule has 2 N–H and O–H groups in total. The largest absolute Gasteiger partial charge is 0.383 e. The third-order valence-electron chi connectivity index (χ3n) is 3.30. The van der Waals surface area contributed by atoms with Crippen molar-refractivity contribution in [3.8, 4) is 0 Å². The monoisotopic (exact) mass is 236 g/mol. The van der Waals surface area contributed by atoms with Crippen LogP contribution in [0.2, 0.25) is 0 Å². The van der Waals surface area contributed by atoms with Crippen LogP contribution in [0.3, 0.4) is 0 Å². The third kappa shape index (κ3) is 2.34. The molecule has 1 fully saturated rings. The van der Waals surface area contributed by atoms with E-state index in [1.54, 1.807) is 7.11 Å². The number of hydrogen-bond donors (Lipinski definition) is 1. The van der Waals surface area contributed by atoms with E-state index in [1.807, 2.05) is 13.8 Å². The summed E-state index contributed by atoms with van der Waals surface area (Å²) in [4.78, 5) is 11.1. The first-order valence-electron chi connectivity index (χ1n) is 6.06. The normalized spacial score (nSPS) is 19.9. The summed E-state index contributed by atoms with van der Waals surface area (Å²) in [7, 11) is 1.76. The van der Waals surface area contributed by atoms with Crippen molar-refractivity contribution in [1.29, 1.82) is 0 Å². The van der Waals surface area contributed by atoms with Gasteiger partial charge in [0.1, 0.15) is 17.5 Å². The molecule has 1 aliphatic rings. The molecule has 0 amide bonds. The topological polar surface area (TPSA) is 64.3 Å². The summed E-state index contributed by atoms with van der Waals surface area (Å²) in [6.45, 7) is 5.87. The smallest absolute Gasteiger partial charge is 0.137 e. The zero-order valence-corrected chi connectivity index (χ0v) is 10.7. The van der Waals surface area contributed by atoms with E-state index in [9.17, 15) is 0 Å². The standard InChI is InChI=1S/C12H20N4O/c1-4-10-14-11(13)8(2)12(15-10)16-6-5-9(7-16)17-3/h9H,4-7H2,1-3H3,(H2,13,14,15). The second-order valence-electron chi connectivity index (χ2n) is 4.42. The first kappa shape index (κ1) is 12.1. The van der Waals surface area contributed by atoms with Crippen LogP contribution < -0.4 is 10.6 Å². The first-order valence-corrected chi connectivity index (χ1v) is 6.06. The van der Waals surface area contributed by atoms with Gasteiger partial charge in [-0.15, -0.1) is 0 Å². The van der Waals surface area contributed by atoms with E-state index in [0.29, 0.717) is 11.9 Å². The molecule has 1 unspecified atom stereocenters. The molecule has 5 nitrogen and oxygen atoms in total. The Balaban J connectivity index is 2.28. The van der Waals surface area contributed by atoms with E-state index in [2.05, 4.69) is 14.9 Å². The van der Waals surface area contributed by atoms with Crippen molar-refractivity contribution in [2.75, 3.05) is 30.8 Å². The Morgan fingerprint density at radius 1 is 1.47 bits per heavy atom. The average molecular weight is 236 g/mol. The Bertz CT molecular complexity index is 408. The van der Waals surface area contributed by atoms with Crippen LogP contribution >= 0.6 is 0 Å². The summed E-state index contributed by atoms with van der Waals surface area (Å²) < 4.78 is 5.37. The fraction of sp³-hybridized carbons (Fsp3) is 0.667. The molecule has 0 aromatic carbocycles. The van der Waals surface area contributed by atoms with Crippen LogP contribution in [0.25, 0.3) is 0 Å². The fourth-order valence-electron chi connectivity index (χ4n) is 2.15. The zero-order valence-electron chi connectivity index (χ0n) is 10.7. The molecule has 1 aromatic rings. The molecule has 0 aliphatic carbocycles. The molecule has 1 atom stereocenters. The van der Waals surface area contributed by atoms with Gasteiger partial charge in [0.25, 0.3) is 0 Å². The number of nitrogens with two attached hydrogens (primary N) is 1. The van der Waals surface area contributed by atoms with Crippen molar-refractivity contribution < 1.29 is 4.74 Å². The lowest BCUT2D eigenvalue weighted by molar-refractivity contribution is 0.121. The van der Waals surface area contributed by atoms with Gasteiger partial charge < -0.3 is 15.4 Å². The highest BCUT2D eigenvalue weighted by Crippen LogP contribution is 2.25. The number of aryl methyl sites for hydroxylation is 1. The minimum atomic E-state index is 0.302. The highest BCUT2D eigenvalue weighted by Gasteiger charge is 2.25. The van der Waals surface area contributed by atoms with E-state index >= 15 is 0 Å².